The van der Waals surface area contributed by atoms with Gasteiger partial charge in [0, 0.05) is 22.1 Å². The fourth-order valence-electron chi connectivity index (χ4n) is 2.95. The molecule has 0 saturated carbocycles. The molecule has 5 heteroatoms. The van der Waals surface area contributed by atoms with E-state index in [1.807, 2.05) is 42.5 Å². The maximum atomic E-state index is 13.8. The molecule has 0 spiro atoms. The third kappa shape index (κ3) is 5.57. The van der Waals surface area contributed by atoms with Gasteiger partial charge < -0.3 is 14.8 Å². The van der Waals surface area contributed by atoms with Crippen LogP contribution in [0.2, 0.25) is 0 Å². The van der Waals surface area contributed by atoms with Gasteiger partial charge in [-0.25, -0.2) is 4.39 Å². The largest absolute Gasteiger partial charge is 0.496 e. The number of halogens is 2. The highest BCUT2D eigenvalue weighted by Gasteiger charge is 2.08. The Kier molecular flexibility index (Phi) is 7.46. The first-order chi connectivity index (χ1) is 13.7. The van der Waals surface area contributed by atoms with E-state index in [0.29, 0.717) is 12.1 Å². The topological polar surface area (TPSA) is 30.5 Å². The average molecular weight is 444 g/mol. The SMILES string of the molecule is COc1ccccc1CCNCc1cc(Br)ccc1OCc1ccccc1F. The molecule has 0 aliphatic rings. The molecule has 0 fully saturated rings. The Hall–Kier alpha value is -2.37. The number of benzene rings is 3. The molecule has 0 aliphatic carbocycles. The molecule has 0 aromatic heterocycles. The van der Waals surface area contributed by atoms with Crippen LogP contribution in [0.4, 0.5) is 4.39 Å². The lowest BCUT2D eigenvalue weighted by Gasteiger charge is -2.14. The quantitative estimate of drug-likeness (QED) is 0.442. The summed E-state index contributed by atoms with van der Waals surface area (Å²) in [5.74, 6) is 1.40. The summed E-state index contributed by atoms with van der Waals surface area (Å²) >= 11 is 3.51. The summed E-state index contributed by atoms with van der Waals surface area (Å²) < 4.78 is 26.1. The maximum Gasteiger partial charge on any atom is 0.129 e. The van der Waals surface area contributed by atoms with E-state index in [-0.39, 0.29) is 12.4 Å². The molecule has 146 valence electrons. The van der Waals surface area contributed by atoms with E-state index in [0.717, 1.165) is 34.5 Å². The van der Waals surface area contributed by atoms with Crippen molar-refractivity contribution in [2.24, 2.45) is 0 Å². The zero-order valence-corrected chi connectivity index (χ0v) is 17.3. The third-order valence-electron chi connectivity index (χ3n) is 4.44. The highest BCUT2D eigenvalue weighted by Crippen LogP contribution is 2.25. The molecule has 0 bridgehead atoms. The first-order valence-electron chi connectivity index (χ1n) is 9.14. The van der Waals surface area contributed by atoms with E-state index in [1.165, 1.54) is 11.6 Å². The van der Waals surface area contributed by atoms with Gasteiger partial charge in [-0.3, -0.25) is 0 Å². The Labute approximate surface area is 173 Å². The number of ether oxygens (including phenoxy) is 2. The minimum atomic E-state index is -0.254. The minimum Gasteiger partial charge on any atom is -0.496 e. The van der Waals surface area contributed by atoms with Crippen molar-refractivity contribution in [1.82, 2.24) is 5.32 Å². The van der Waals surface area contributed by atoms with Crippen molar-refractivity contribution in [3.05, 3.63) is 93.7 Å². The highest BCUT2D eigenvalue weighted by atomic mass is 79.9. The van der Waals surface area contributed by atoms with Gasteiger partial charge in [0.2, 0.25) is 0 Å². The van der Waals surface area contributed by atoms with Crippen LogP contribution in [0.25, 0.3) is 0 Å². The van der Waals surface area contributed by atoms with Crippen molar-refractivity contribution in [1.29, 1.82) is 0 Å². The van der Waals surface area contributed by atoms with Crippen molar-refractivity contribution < 1.29 is 13.9 Å². The molecule has 28 heavy (non-hydrogen) atoms. The summed E-state index contributed by atoms with van der Waals surface area (Å²) in [4.78, 5) is 0. The molecule has 0 unspecified atom stereocenters. The summed E-state index contributed by atoms with van der Waals surface area (Å²) in [5, 5.41) is 3.45. The molecule has 3 nitrogen and oxygen atoms in total. The van der Waals surface area contributed by atoms with Crippen LogP contribution in [0.5, 0.6) is 11.5 Å². The monoisotopic (exact) mass is 443 g/mol. The second kappa shape index (κ2) is 10.2. The van der Waals surface area contributed by atoms with E-state index in [1.54, 1.807) is 19.2 Å². The van der Waals surface area contributed by atoms with Crippen LogP contribution in [-0.2, 0) is 19.6 Å². The number of hydrogen-bond acceptors (Lipinski definition) is 3. The molecule has 0 heterocycles. The number of methoxy groups -OCH3 is 1. The smallest absolute Gasteiger partial charge is 0.129 e. The predicted molar refractivity (Wildman–Crippen MR) is 113 cm³/mol. The van der Waals surface area contributed by atoms with Gasteiger partial charge in [0.05, 0.1) is 7.11 Å². The Morgan fingerprint density at radius 3 is 2.43 bits per heavy atom. The minimum absolute atomic E-state index is 0.197. The van der Waals surface area contributed by atoms with Gasteiger partial charge in [-0.05, 0) is 48.9 Å². The maximum absolute atomic E-state index is 13.8. The number of nitrogens with one attached hydrogen (secondary N) is 1. The standard InChI is InChI=1S/C23H23BrFNO2/c1-27-22-9-5-3-6-17(22)12-13-26-15-19-14-20(24)10-11-23(19)28-16-18-7-2-4-8-21(18)25/h2-11,14,26H,12-13,15-16H2,1H3. The van der Waals surface area contributed by atoms with Crippen molar-refractivity contribution >= 4 is 15.9 Å². The lowest BCUT2D eigenvalue weighted by Crippen LogP contribution is -2.17. The Balaban J connectivity index is 1.59. The number of rotatable bonds is 9. The average Bonchev–Trinajstić information content (AvgIpc) is 2.72. The second-order valence-corrected chi connectivity index (χ2v) is 7.29. The third-order valence-corrected chi connectivity index (χ3v) is 4.94. The summed E-state index contributed by atoms with van der Waals surface area (Å²) in [6.07, 6.45) is 0.865. The summed E-state index contributed by atoms with van der Waals surface area (Å²) in [6.45, 7) is 1.66. The van der Waals surface area contributed by atoms with Crippen LogP contribution in [-0.4, -0.2) is 13.7 Å². The molecule has 0 atom stereocenters. The van der Waals surface area contributed by atoms with Crippen LogP contribution in [0.3, 0.4) is 0 Å². The van der Waals surface area contributed by atoms with E-state index < -0.39 is 0 Å². The zero-order valence-electron chi connectivity index (χ0n) is 15.8. The molecule has 3 rings (SSSR count). The van der Waals surface area contributed by atoms with Gasteiger partial charge in [0.25, 0.3) is 0 Å². The Morgan fingerprint density at radius 2 is 1.64 bits per heavy atom. The molecular formula is C23H23BrFNO2. The molecule has 0 aliphatic heterocycles. The fourth-order valence-corrected chi connectivity index (χ4v) is 3.36. The van der Waals surface area contributed by atoms with Crippen molar-refractivity contribution in [3.8, 4) is 11.5 Å². The van der Waals surface area contributed by atoms with Crippen LogP contribution in [0, 0.1) is 5.82 Å². The first kappa shape index (κ1) is 20.4. The molecule has 3 aromatic carbocycles. The molecule has 0 radical (unpaired) electrons. The predicted octanol–water partition coefficient (Wildman–Crippen LogP) is 5.51. The van der Waals surface area contributed by atoms with E-state index in [2.05, 4.69) is 27.3 Å². The van der Waals surface area contributed by atoms with Crippen molar-refractivity contribution in [3.63, 3.8) is 0 Å². The highest BCUT2D eigenvalue weighted by molar-refractivity contribution is 9.10. The van der Waals surface area contributed by atoms with Gasteiger partial charge in [-0.1, -0.05) is 52.3 Å². The van der Waals surface area contributed by atoms with Gasteiger partial charge in [0.1, 0.15) is 23.9 Å². The normalized spacial score (nSPS) is 10.7. The van der Waals surface area contributed by atoms with Crippen LogP contribution in [0.15, 0.2) is 71.2 Å². The number of para-hydroxylation sites is 1. The zero-order chi connectivity index (χ0) is 19.8. The number of hydrogen-bond donors (Lipinski definition) is 1. The van der Waals surface area contributed by atoms with Gasteiger partial charge >= 0.3 is 0 Å². The van der Waals surface area contributed by atoms with Gasteiger partial charge in [-0.2, -0.15) is 0 Å². The van der Waals surface area contributed by atoms with Crippen LogP contribution < -0.4 is 14.8 Å². The summed E-state index contributed by atoms with van der Waals surface area (Å²) in [6, 6.07) is 20.5. The molecule has 3 aromatic rings. The van der Waals surface area contributed by atoms with Crippen LogP contribution >= 0.6 is 15.9 Å². The Morgan fingerprint density at radius 1 is 0.893 bits per heavy atom. The summed E-state index contributed by atoms with van der Waals surface area (Å²) in [7, 11) is 1.69. The second-order valence-electron chi connectivity index (χ2n) is 6.37. The van der Waals surface area contributed by atoms with Crippen LogP contribution in [0.1, 0.15) is 16.7 Å². The van der Waals surface area contributed by atoms with Gasteiger partial charge in [0.15, 0.2) is 0 Å². The fraction of sp³-hybridized carbons (Fsp3) is 0.217. The van der Waals surface area contributed by atoms with Gasteiger partial charge in [-0.15, -0.1) is 0 Å². The first-order valence-corrected chi connectivity index (χ1v) is 9.94. The van der Waals surface area contributed by atoms with E-state index >= 15 is 0 Å². The van der Waals surface area contributed by atoms with Crippen molar-refractivity contribution in [2.45, 2.75) is 19.6 Å². The van der Waals surface area contributed by atoms with Crippen molar-refractivity contribution in [2.75, 3.05) is 13.7 Å². The Bertz CT molecular complexity index is 917. The summed E-state index contributed by atoms with van der Waals surface area (Å²) in [5.41, 5.74) is 2.73. The molecule has 0 amide bonds. The lowest BCUT2D eigenvalue weighted by atomic mass is 10.1. The molecule has 1 N–H and O–H groups in total. The van der Waals surface area contributed by atoms with E-state index in [4.69, 9.17) is 9.47 Å². The molecule has 0 saturated heterocycles. The lowest BCUT2D eigenvalue weighted by molar-refractivity contribution is 0.296. The molecular weight excluding hydrogens is 421 g/mol. The van der Waals surface area contributed by atoms with E-state index in [9.17, 15) is 4.39 Å².